The van der Waals surface area contributed by atoms with Gasteiger partial charge in [-0.3, -0.25) is 0 Å². The normalized spacial score (nSPS) is 18.5. The van der Waals surface area contributed by atoms with Crippen LogP contribution < -0.4 is 10.2 Å². The summed E-state index contributed by atoms with van der Waals surface area (Å²) in [5.41, 5.74) is 2.34. The van der Waals surface area contributed by atoms with Gasteiger partial charge in [0.15, 0.2) is 0 Å². The highest BCUT2D eigenvalue weighted by molar-refractivity contribution is 5.69. The van der Waals surface area contributed by atoms with Crippen molar-refractivity contribution in [2.24, 2.45) is 0 Å². The second-order valence-corrected chi connectivity index (χ2v) is 4.19. The summed E-state index contributed by atoms with van der Waals surface area (Å²) in [5, 5.41) is 2.91. The van der Waals surface area contributed by atoms with Crippen molar-refractivity contribution < 1.29 is 9.53 Å². The van der Waals surface area contributed by atoms with Crippen LogP contribution in [0.3, 0.4) is 0 Å². The SMILES string of the molecule is CCOC(=O)NC1CCN(C)c2ccccc21. The first kappa shape index (κ1) is 11.8. The van der Waals surface area contributed by atoms with Gasteiger partial charge in [-0.25, -0.2) is 4.79 Å². The Morgan fingerprint density at radius 2 is 2.29 bits per heavy atom. The predicted molar refractivity (Wildman–Crippen MR) is 67.2 cm³/mol. The van der Waals surface area contributed by atoms with Gasteiger partial charge in [-0.15, -0.1) is 0 Å². The zero-order valence-electron chi connectivity index (χ0n) is 10.3. The first-order valence-corrected chi connectivity index (χ1v) is 5.95. The van der Waals surface area contributed by atoms with E-state index in [0.29, 0.717) is 6.61 Å². The fraction of sp³-hybridized carbons (Fsp3) is 0.462. The molecule has 1 unspecified atom stereocenters. The van der Waals surface area contributed by atoms with Crippen molar-refractivity contribution in [3.63, 3.8) is 0 Å². The number of benzene rings is 1. The highest BCUT2D eigenvalue weighted by Crippen LogP contribution is 2.32. The number of para-hydroxylation sites is 1. The molecule has 17 heavy (non-hydrogen) atoms. The molecule has 4 heteroatoms. The number of nitrogens with zero attached hydrogens (tertiary/aromatic N) is 1. The van der Waals surface area contributed by atoms with E-state index in [9.17, 15) is 4.79 Å². The first-order chi connectivity index (χ1) is 8.22. The zero-order valence-corrected chi connectivity index (χ0v) is 10.3. The summed E-state index contributed by atoms with van der Waals surface area (Å²) >= 11 is 0. The monoisotopic (exact) mass is 234 g/mol. The number of ether oxygens (including phenoxy) is 1. The molecule has 1 aliphatic rings. The molecule has 1 heterocycles. The van der Waals surface area contributed by atoms with E-state index < -0.39 is 0 Å². The van der Waals surface area contributed by atoms with Crippen molar-refractivity contribution in [2.45, 2.75) is 19.4 Å². The molecule has 1 aromatic rings. The van der Waals surface area contributed by atoms with Gasteiger partial charge in [0.05, 0.1) is 12.6 Å². The maximum Gasteiger partial charge on any atom is 0.407 e. The highest BCUT2D eigenvalue weighted by Gasteiger charge is 2.24. The van der Waals surface area contributed by atoms with E-state index in [2.05, 4.69) is 29.4 Å². The summed E-state index contributed by atoms with van der Waals surface area (Å²) in [4.78, 5) is 13.7. The largest absolute Gasteiger partial charge is 0.450 e. The van der Waals surface area contributed by atoms with E-state index in [1.165, 1.54) is 5.69 Å². The maximum absolute atomic E-state index is 11.5. The van der Waals surface area contributed by atoms with Crippen LogP contribution >= 0.6 is 0 Å². The molecule has 2 rings (SSSR count). The van der Waals surface area contributed by atoms with Crippen LogP contribution in [0.2, 0.25) is 0 Å². The standard InChI is InChI=1S/C13H18N2O2/c1-3-17-13(16)14-11-8-9-15(2)12-7-5-4-6-10(11)12/h4-7,11H,3,8-9H2,1-2H3,(H,14,16). The van der Waals surface area contributed by atoms with E-state index in [-0.39, 0.29) is 12.1 Å². The Labute approximate surface area is 102 Å². The molecule has 1 aliphatic heterocycles. The molecule has 4 nitrogen and oxygen atoms in total. The van der Waals surface area contributed by atoms with E-state index in [1.807, 2.05) is 19.1 Å². The molecule has 1 N–H and O–H groups in total. The van der Waals surface area contributed by atoms with Crippen molar-refractivity contribution in [3.05, 3.63) is 29.8 Å². The minimum Gasteiger partial charge on any atom is -0.450 e. The average Bonchev–Trinajstić information content (AvgIpc) is 2.34. The Morgan fingerprint density at radius 3 is 3.06 bits per heavy atom. The van der Waals surface area contributed by atoms with Crippen LogP contribution in [0.25, 0.3) is 0 Å². The van der Waals surface area contributed by atoms with Crippen LogP contribution in [0.1, 0.15) is 24.9 Å². The second kappa shape index (κ2) is 5.08. The van der Waals surface area contributed by atoms with Crippen molar-refractivity contribution in [1.82, 2.24) is 5.32 Å². The second-order valence-electron chi connectivity index (χ2n) is 4.19. The summed E-state index contributed by atoms with van der Waals surface area (Å²) < 4.78 is 4.92. The number of carbonyl (C=O) groups is 1. The fourth-order valence-corrected chi connectivity index (χ4v) is 2.19. The van der Waals surface area contributed by atoms with Gasteiger partial charge in [-0.05, 0) is 25.0 Å². The van der Waals surface area contributed by atoms with Crippen molar-refractivity contribution in [3.8, 4) is 0 Å². The number of amides is 1. The smallest absolute Gasteiger partial charge is 0.407 e. The Hall–Kier alpha value is -1.71. The predicted octanol–water partition coefficient (Wildman–Crippen LogP) is 2.31. The van der Waals surface area contributed by atoms with Crippen molar-refractivity contribution in [1.29, 1.82) is 0 Å². The average molecular weight is 234 g/mol. The minimum atomic E-state index is -0.336. The molecule has 0 saturated carbocycles. The zero-order chi connectivity index (χ0) is 12.3. The molecule has 1 atom stereocenters. The summed E-state index contributed by atoms with van der Waals surface area (Å²) in [5.74, 6) is 0. The fourth-order valence-electron chi connectivity index (χ4n) is 2.19. The van der Waals surface area contributed by atoms with E-state index in [4.69, 9.17) is 4.74 Å². The molecule has 0 aliphatic carbocycles. The Kier molecular flexibility index (Phi) is 3.52. The number of fused-ring (bicyclic) bond motifs is 1. The molecule has 0 radical (unpaired) electrons. The molecule has 1 amide bonds. The summed E-state index contributed by atoms with van der Waals surface area (Å²) in [6, 6.07) is 8.21. The van der Waals surface area contributed by atoms with Gasteiger partial charge in [0.25, 0.3) is 0 Å². The number of alkyl carbamates (subject to hydrolysis) is 1. The third-order valence-corrected chi connectivity index (χ3v) is 3.04. The minimum absolute atomic E-state index is 0.0569. The molecule has 92 valence electrons. The van der Waals surface area contributed by atoms with Crippen LogP contribution in [0, 0.1) is 0 Å². The molecule has 0 saturated heterocycles. The van der Waals surface area contributed by atoms with Crippen molar-refractivity contribution >= 4 is 11.8 Å². The maximum atomic E-state index is 11.5. The number of nitrogens with one attached hydrogen (secondary N) is 1. The topological polar surface area (TPSA) is 41.6 Å². The Bertz CT molecular complexity index is 406. The summed E-state index contributed by atoms with van der Waals surface area (Å²) in [6.07, 6.45) is 0.573. The number of rotatable bonds is 2. The van der Waals surface area contributed by atoms with Crippen LogP contribution in [0.5, 0.6) is 0 Å². The first-order valence-electron chi connectivity index (χ1n) is 5.95. The van der Waals surface area contributed by atoms with Gasteiger partial charge in [0, 0.05) is 19.3 Å². The summed E-state index contributed by atoms with van der Waals surface area (Å²) in [6.45, 7) is 3.15. The molecule has 0 spiro atoms. The van der Waals surface area contributed by atoms with Gasteiger partial charge in [-0.2, -0.15) is 0 Å². The van der Waals surface area contributed by atoms with Crippen molar-refractivity contribution in [2.75, 3.05) is 25.1 Å². The van der Waals surface area contributed by atoms with Crippen LogP contribution in [0.15, 0.2) is 24.3 Å². The number of hydrogen-bond donors (Lipinski definition) is 1. The van der Waals surface area contributed by atoms with E-state index in [0.717, 1.165) is 18.5 Å². The van der Waals surface area contributed by atoms with E-state index >= 15 is 0 Å². The van der Waals surface area contributed by atoms with Crippen LogP contribution in [-0.2, 0) is 4.74 Å². The number of anilines is 1. The quantitative estimate of drug-likeness (QED) is 0.853. The van der Waals surface area contributed by atoms with Gasteiger partial charge in [0.1, 0.15) is 0 Å². The third-order valence-electron chi connectivity index (χ3n) is 3.04. The van der Waals surface area contributed by atoms with Gasteiger partial charge < -0.3 is 15.0 Å². The van der Waals surface area contributed by atoms with Gasteiger partial charge in [-0.1, -0.05) is 18.2 Å². The Balaban J connectivity index is 2.16. The van der Waals surface area contributed by atoms with Gasteiger partial charge >= 0.3 is 6.09 Å². The lowest BCUT2D eigenvalue weighted by atomic mass is 9.97. The molecule has 0 aromatic heterocycles. The number of carbonyl (C=O) groups excluding carboxylic acids is 1. The third kappa shape index (κ3) is 2.52. The molecule has 0 bridgehead atoms. The summed E-state index contributed by atoms with van der Waals surface area (Å²) in [7, 11) is 2.07. The van der Waals surface area contributed by atoms with Crippen LogP contribution in [0.4, 0.5) is 10.5 Å². The molecule has 0 fully saturated rings. The molecular weight excluding hydrogens is 216 g/mol. The Morgan fingerprint density at radius 1 is 1.53 bits per heavy atom. The molecular formula is C13H18N2O2. The van der Waals surface area contributed by atoms with Gasteiger partial charge in [0.2, 0.25) is 0 Å². The lowest BCUT2D eigenvalue weighted by Gasteiger charge is -2.33. The highest BCUT2D eigenvalue weighted by atomic mass is 16.5. The van der Waals surface area contributed by atoms with Crippen LogP contribution in [-0.4, -0.2) is 26.3 Å². The number of hydrogen-bond acceptors (Lipinski definition) is 3. The lowest BCUT2D eigenvalue weighted by Crippen LogP contribution is -2.36. The van der Waals surface area contributed by atoms with E-state index in [1.54, 1.807) is 0 Å². The lowest BCUT2D eigenvalue weighted by molar-refractivity contribution is 0.147. The molecule has 1 aromatic carbocycles.